The molecule has 560 valence electrons. The number of carboxylic acid groups (broad SMARTS) is 1. The number of hydrogen-bond acceptors (Lipinski definition) is 21. The van der Waals surface area contributed by atoms with Crippen molar-refractivity contribution < 1.29 is 44.0 Å². The monoisotopic (exact) mass is 1490 g/mol. The number of pyridine rings is 2. The van der Waals surface area contributed by atoms with Crippen LogP contribution in [0.1, 0.15) is 45.6 Å². The second-order valence-corrected chi connectivity index (χ2v) is 26.0. The molecule has 111 heavy (non-hydrogen) atoms. The molecule has 29 heteroatoms. The highest BCUT2D eigenvalue weighted by Crippen LogP contribution is 2.23. The molecule has 1 amide bonds. The van der Waals surface area contributed by atoms with Crippen molar-refractivity contribution in [2.75, 3.05) is 52.4 Å². The van der Waals surface area contributed by atoms with Crippen molar-refractivity contribution in [1.29, 1.82) is 0 Å². The molecule has 29 nitrogen and oxygen atoms in total. The van der Waals surface area contributed by atoms with Gasteiger partial charge in [0.1, 0.15) is 56.4 Å². The predicted octanol–water partition coefficient (Wildman–Crippen LogP) is 9.44. The first-order chi connectivity index (χ1) is 54.5. The minimum absolute atomic E-state index is 0.112. The Labute approximate surface area is 635 Å². The number of H-pyrrole nitrogens is 2. The molecule has 4 N–H and O–H groups in total. The van der Waals surface area contributed by atoms with Gasteiger partial charge in [-0.05, 0) is 115 Å². The highest BCUT2D eigenvalue weighted by molar-refractivity contribution is 5.80. The molecule has 2 saturated heterocycles. The minimum atomic E-state index is -0.786. The summed E-state index contributed by atoms with van der Waals surface area (Å²) in [5.41, 5.74) is 13.8. The third kappa shape index (κ3) is 20.0. The standard InChI is InChI=1S/C27H27N7O.C19H21N7.2C14H11N3O3.C8H8O2/c35-26(17-20-7-2-1-3-8-20)33-15-13-32(14-16-33)19-25-31-23-11-6-12-28-27(23)34(25)18-24-29-21-9-4-5-10-22(21)30-24;1-2-5-15-14(4-1)22-17(23-15)12-26-18(13-25-10-8-20-9-11-25)24-16-6-3-7-21-19(16)26;2*18-14(10-11-6-2-1-3-7-11)19-20-17-13-9-5-4-8-12(13)15-16-17;9-8(10)6-7-4-2-1-3-5-7/h1-12H,13-19H2,(H,29,30);1-7,20H,8-13H2,(H,22,23);2*1-9H,10H2;1-5H,6H2,(H,9,10). The van der Waals surface area contributed by atoms with Crippen LogP contribution in [0.5, 0.6) is 0 Å². The van der Waals surface area contributed by atoms with Gasteiger partial charge in [0.05, 0.1) is 73.9 Å². The molecule has 0 atom stereocenters. The van der Waals surface area contributed by atoms with Gasteiger partial charge < -0.3 is 34.4 Å². The van der Waals surface area contributed by atoms with E-state index in [9.17, 15) is 19.2 Å². The van der Waals surface area contributed by atoms with Gasteiger partial charge >= 0.3 is 17.9 Å². The number of amides is 1. The van der Waals surface area contributed by atoms with Crippen molar-refractivity contribution in [3.8, 4) is 0 Å². The summed E-state index contributed by atoms with van der Waals surface area (Å²) in [6, 6.07) is 76.1. The van der Waals surface area contributed by atoms with Crippen LogP contribution in [0.25, 0.3) is 66.5 Å². The average molecular weight is 1490 g/mol. The van der Waals surface area contributed by atoms with Crippen molar-refractivity contribution in [1.82, 2.24) is 99.3 Å². The Bertz CT molecular complexity index is 5530. The number of fused-ring (bicyclic) bond motifs is 6. The largest absolute Gasteiger partial charge is 0.481 e. The van der Waals surface area contributed by atoms with Gasteiger partial charge in [-0.25, -0.2) is 49.3 Å². The Morgan fingerprint density at radius 2 is 0.757 bits per heavy atom. The Morgan fingerprint density at radius 1 is 0.378 bits per heavy atom. The maximum atomic E-state index is 12.8. The molecule has 8 aromatic carbocycles. The number of para-hydroxylation sites is 6. The fraction of sp³-hybridized carbons (Fsp3) is 0.195. The van der Waals surface area contributed by atoms with Crippen LogP contribution in [0, 0.1) is 0 Å². The Morgan fingerprint density at radius 3 is 1.19 bits per heavy atom. The van der Waals surface area contributed by atoms with Crippen molar-refractivity contribution >= 4 is 90.3 Å². The summed E-state index contributed by atoms with van der Waals surface area (Å²) in [7, 11) is 0. The van der Waals surface area contributed by atoms with Gasteiger partial charge in [-0.2, -0.15) is 9.98 Å². The summed E-state index contributed by atoms with van der Waals surface area (Å²) in [5, 5.41) is 27.0. The maximum Gasteiger partial charge on any atom is 0.362 e. The van der Waals surface area contributed by atoms with E-state index in [1.54, 1.807) is 42.6 Å². The van der Waals surface area contributed by atoms with E-state index in [1.165, 1.54) is 0 Å². The van der Waals surface area contributed by atoms with Crippen LogP contribution in [0.3, 0.4) is 0 Å². The van der Waals surface area contributed by atoms with E-state index in [0.29, 0.717) is 48.1 Å². The summed E-state index contributed by atoms with van der Waals surface area (Å²) in [6.07, 6.45) is 4.47. The number of nitrogens with one attached hydrogen (secondary N) is 3. The van der Waals surface area contributed by atoms with E-state index in [1.807, 2.05) is 211 Å². The van der Waals surface area contributed by atoms with Crippen LogP contribution >= 0.6 is 0 Å². The number of nitrogens with zero attached hydrogens (tertiary/aromatic N) is 17. The number of aromatic amines is 2. The fourth-order valence-electron chi connectivity index (χ4n) is 12.7. The zero-order valence-corrected chi connectivity index (χ0v) is 60.4. The maximum absolute atomic E-state index is 12.8. The lowest BCUT2D eigenvalue weighted by molar-refractivity contribution is -0.276. The minimum Gasteiger partial charge on any atom is -0.481 e. The highest BCUT2D eigenvalue weighted by Gasteiger charge is 2.25. The van der Waals surface area contributed by atoms with Crippen LogP contribution in [-0.4, -0.2) is 175 Å². The van der Waals surface area contributed by atoms with Gasteiger partial charge in [0.2, 0.25) is 5.91 Å². The molecule has 0 radical (unpaired) electrons. The first kappa shape index (κ1) is 74.0. The Hall–Kier alpha value is -13.9. The molecule has 18 rings (SSSR count). The molecule has 2 fully saturated rings. The first-order valence-electron chi connectivity index (χ1n) is 36.2. The number of carbonyl (C=O) groups excluding carboxylic acids is 3. The molecule has 16 aromatic rings. The third-order valence-electron chi connectivity index (χ3n) is 18.1. The summed E-state index contributed by atoms with van der Waals surface area (Å²) in [5.74, 6) is 2.21. The molecular weight excluding hydrogens is 1410 g/mol. The van der Waals surface area contributed by atoms with Crippen LogP contribution < -0.4 is 15.3 Å². The molecule has 0 saturated carbocycles. The normalized spacial score (nSPS) is 12.9. The van der Waals surface area contributed by atoms with E-state index in [4.69, 9.17) is 44.8 Å². The lowest BCUT2D eigenvalue weighted by atomic mass is 10.1. The highest BCUT2D eigenvalue weighted by atomic mass is 17.3. The van der Waals surface area contributed by atoms with Gasteiger partial charge in [-0.3, -0.25) is 19.4 Å². The summed E-state index contributed by atoms with van der Waals surface area (Å²) >= 11 is 0. The molecule has 0 bridgehead atoms. The lowest BCUT2D eigenvalue weighted by Gasteiger charge is -2.34. The lowest BCUT2D eigenvalue weighted by Crippen LogP contribution is -2.49. The van der Waals surface area contributed by atoms with E-state index in [-0.39, 0.29) is 25.2 Å². The second-order valence-electron chi connectivity index (χ2n) is 26.0. The van der Waals surface area contributed by atoms with Crippen molar-refractivity contribution in [2.45, 2.75) is 51.9 Å². The molecule has 0 aliphatic carbocycles. The van der Waals surface area contributed by atoms with E-state index >= 15 is 0 Å². The van der Waals surface area contributed by atoms with E-state index in [0.717, 1.165) is 159 Å². The quantitative estimate of drug-likeness (QED) is 0.0407. The van der Waals surface area contributed by atoms with Gasteiger partial charge in [-0.1, -0.05) is 170 Å². The topological polar surface area (TPSA) is 327 Å². The van der Waals surface area contributed by atoms with Crippen molar-refractivity contribution in [3.63, 3.8) is 0 Å². The Kier molecular flexibility index (Phi) is 24.4. The molecule has 0 unspecified atom stereocenters. The third-order valence-corrected chi connectivity index (χ3v) is 18.1. The second kappa shape index (κ2) is 36.6. The molecule has 2 aliphatic rings. The zero-order chi connectivity index (χ0) is 75.9. The fourth-order valence-corrected chi connectivity index (χ4v) is 12.7. The number of aromatic nitrogens is 16. The number of rotatable bonds is 20. The number of aliphatic carboxylic acids is 1. The van der Waals surface area contributed by atoms with Crippen LogP contribution in [0.2, 0.25) is 0 Å². The number of carboxylic acids is 1. The van der Waals surface area contributed by atoms with Crippen LogP contribution in [0.4, 0.5) is 0 Å². The van der Waals surface area contributed by atoms with Crippen molar-refractivity contribution in [2.24, 2.45) is 0 Å². The number of hydrogen-bond donors (Lipinski definition) is 4. The SMILES string of the molecule is O=C(Cc1ccccc1)N1CCN(Cc2nc3cccnc3n2Cc2nc3ccccc3[nH]2)CC1.O=C(Cc1ccccc1)OOn1nnc2ccccc21.O=C(Cc1ccccc1)OOn1nnc2ccccc21.O=C(O)Cc1ccccc1.c1ccc2[nH]c(Cn3c(CN4CCNCC4)nc4cccnc43)nc2c1. The summed E-state index contributed by atoms with van der Waals surface area (Å²) < 4.78 is 4.34. The summed E-state index contributed by atoms with van der Waals surface area (Å²) in [6.45, 7) is 10.0. The van der Waals surface area contributed by atoms with Crippen molar-refractivity contribution in [3.05, 3.63) is 301 Å². The van der Waals surface area contributed by atoms with Crippen LogP contribution in [0.15, 0.2) is 255 Å². The number of benzene rings is 8. The average Bonchev–Trinajstić information content (AvgIpc) is 1.64. The molecule has 2 aliphatic heterocycles. The predicted molar refractivity (Wildman–Crippen MR) is 414 cm³/mol. The number of piperazine rings is 2. The summed E-state index contributed by atoms with van der Waals surface area (Å²) in [4.78, 5) is 110. The number of imidazole rings is 4. The molecule has 10 heterocycles. The van der Waals surface area contributed by atoms with Gasteiger partial charge in [-0.15, -0.1) is 10.2 Å². The van der Waals surface area contributed by atoms with Crippen LogP contribution in [-0.2, 0) is 80.8 Å². The van der Waals surface area contributed by atoms with Gasteiger partial charge in [0, 0.05) is 64.8 Å². The molecular formula is C82H78N20O9. The first-order valence-corrected chi connectivity index (χ1v) is 36.2. The Balaban J connectivity index is 0.000000121. The van der Waals surface area contributed by atoms with E-state index in [2.05, 4.69) is 70.9 Å². The van der Waals surface area contributed by atoms with Gasteiger partial charge in [0.25, 0.3) is 0 Å². The van der Waals surface area contributed by atoms with Gasteiger partial charge in [0.15, 0.2) is 11.3 Å². The molecule has 0 spiro atoms. The number of carbonyl (C=O) groups is 4. The molecule has 8 aromatic heterocycles. The smallest absolute Gasteiger partial charge is 0.362 e. The zero-order valence-electron chi connectivity index (χ0n) is 60.4. The van der Waals surface area contributed by atoms with E-state index < -0.39 is 17.9 Å².